The largest absolute Gasteiger partial charge is 0.497 e. The average Bonchev–Trinajstić information content (AvgIpc) is 2.87. The number of benzene rings is 1. The summed E-state index contributed by atoms with van der Waals surface area (Å²) in [7, 11) is 3.16. The number of hydrogen-bond acceptors (Lipinski definition) is 6. The summed E-state index contributed by atoms with van der Waals surface area (Å²) >= 11 is 5.85. The molecular weight excluding hydrogens is 270 g/mol. The SMILES string of the molecule is COc1cc(Nc2nnc(C(C)Cl)o2)cc(OC)c1. The Morgan fingerprint density at radius 1 is 1.16 bits per heavy atom. The molecule has 102 valence electrons. The van der Waals surface area contributed by atoms with E-state index in [1.165, 1.54) is 0 Å². The monoisotopic (exact) mass is 283 g/mol. The quantitative estimate of drug-likeness (QED) is 0.850. The van der Waals surface area contributed by atoms with Crippen molar-refractivity contribution in [2.24, 2.45) is 0 Å². The highest BCUT2D eigenvalue weighted by Gasteiger charge is 2.11. The van der Waals surface area contributed by atoms with Gasteiger partial charge in [0.25, 0.3) is 0 Å². The molecule has 1 atom stereocenters. The summed E-state index contributed by atoms with van der Waals surface area (Å²) < 4.78 is 15.7. The Morgan fingerprint density at radius 3 is 2.26 bits per heavy atom. The third-order valence-electron chi connectivity index (χ3n) is 2.38. The zero-order valence-corrected chi connectivity index (χ0v) is 11.6. The summed E-state index contributed by atoms with van der Waals surface area (Å²) in [6.45, 7) is 1.76. The molecule has 0 fully saturated rings. The summed E-state index contributed by atoms with van der Waals surface area (Å²) in [4.78, 5) is 0. The Hall–Kier alpha value is -1.95. The first-order valence-electron chi connectivity index (χ1n) is 5.60. The van der Waals surface area contributed by atoms with Crippen molar-refractivity contribution in [1.29, 1.82) is 0 Å². The van der Waals surface area contributed by atoms with Crippen molar-refractivity contribution in [3.63, 3.8) is 0 Å². The first-order chi connectivity index (χ1) is 9.12. The molecule has 0 saturated heterocycles. The van der Waals surface area contributed by atoms with Crippen LogP contribution >= 0.6 is 11.6 Å². The summed E-state index contributed by atoms with van der Waals surface area (Å²) in [5.41, 5.74) is 0.716. The summed E-state index contributed by atoms with van der Waals surface area (Å²) in [5.74, 6) is 1.68. The number of ether oxygens (including phenoxy) is 2. The van der Waals surface area contributed by atoms with Gasteiger partial charge >= 0.3 is 6.01 Å². The third kappa shape index (κ3) is 3.29. The second-order valence-electron chi connectivity index (χ2n) is 3.79. The smallest absolute Gasteiger partial charge is 0.320 e. The molecule has 1 aromatic carbocycles. The molecule has 2 aromatic rings. The Morgan fingerprint density at radius 2 is 1.79 bits per heavy atom. The molecule has 0 radical (unpaired) electrons. The number of nitrogens with zero attached hydrogens (tertiary/aromatic N) is 2. The van der Waals surface area contributed by atoms with Crippen molar-refractivity contribution in [3.8, 4) is 11.5 Å². The fourth-order valence-corrected chi connectivity index (χ4v) is 1.54. The maximum Gasteiger partial charge on any atom is 0.320 e. The predicted octanol–water partition coefficient (Wildman–Crippen LogP) is 3.13. The van der Waals surface area contributed by atoms with E-state index in [4.69, 9.17) is 25.5 Å². The molecular formula is C12H14ClN3O3. The number of rotatable bonds is 5. The van der Waals surface area contributed by atoms with Gasteiger partial charge < -0.3 is 19.2 Å². The lowest BCUT2D eigenvalue weighted by Crippen LogP contribution is -1.93. The Balaban J connectivity index is 2.21. The topological polar surface area (TPSA) is 69.4 Å². The fourth-order valence-electron chi connectivity index (χ4n) is 1.45. The van der Waals surface area contributed by atoms with Crippen molar-refractivity contribution in [3.05, 3.63) is 24.1 Å². The molecule has 0 aliphatic carbocycles. The molecule has 0 aliphatic heterocycles. The molecule has 0 aliphatic rings. The standard InChI is InChI=1S/C12H14ClN3O3/c1-7(13)11-15-16-12(19-11)14-8-4-9(17-2)6-10(5-8)18-3/h4-7H,1-3H3,(H,14,16). The van der Waals surface area contributed by atoms with Crippen LogP contribution < -0.4 is 14.8 Å². The van der Waals surface area contributed by atoms with Crippen LogP contribution in [-0.4, -0.2) is 24.4 Å². The summed E-state index contributed by atoms with van der Waals surface area (Å²) in [6.07, 6.45) is 0. The third-order valence-corrected chi connectivity index (χ3v) is 2.57. The van der Waals surface area contributed by atoms with Crippen LogP contribution in [0.4, 0.5) is 11.7 Å². The van der Waals surface area contributed by atoms with Gasteiger partial charge in [-0.3, -0.25) is 0 Å². The van der Waals surface area contributed by atoms with Crippen LogP contribution in [0.3, 0.4) is 0 Å². The second kappa shape index (κ2) is 5.79. The molecule has 19 heavy (non-hydrogen) atoms. The molecule has 0 bridgehead atoms. The lowest BCUT2D eigenvalue weighted by molar-refractivity contribution is 0.394. The van der Waals surface area contributed by atoms with Gasteiger partial charge in [-0.1, -0.05) is 5.10 Å². The Labute approximate surface area is 115 Å². The summed E-state index contributed by atoms with van der Waals surface area (Å²) in [5, 5.41) is 10.3. The molecule has 1 unspecified atom stereocenters. The van der Waals surface area contributed by atoms with E-state index in [1.54, 1.807) is 39.3 Å². The van der Waals surface area contributed by atoms with Crippen molar-refractivity contribution in [1.82, 2.24) is 10.2 Å². The molecule has 7 heteroatoms. The van der Waals surface area contributed by atoms with Crippen molar-refractivity contribution < 1.29 is 13.9 Å². The molecule has 0 spiro atoms. The lowest BCUT2D eigenvalue weighted by Gasteiger charge is -2.08. The maximum atomic E-state index is 5.85. The van der Waals surface area contributed by atoms with Crippen molar-refractivity contribution in [2.75, 3.05) is 19.5 Å². The molecule has 2 rings (SSSR count). The van der Waals surface area contributed by atoms with Gasteiger partial charge in [0.05, 0.1) is 14.2 Å². The zero-order valence-electron chi connectivity index (χ0n) is 10.8. The first-order valence-corrected chi connectivity index (χ1v) is 6.03. The Bertz CT molecular complexity index is 535. The van der Waals surface area contributed by atoms with E-state index in [0.29, 0.717) is 23.1 Å². The molecule has 6 nitrogen and oxygen atoms in total. The number of halogens is 1. The summed E-state index contributed by atoms with van der Waals surface area (Å²) in [6, 6.07) is 5.61. The molecule has 1 aromatic heterocycles. The number of alkyl halides is 1. The number of aromatic nitrogens is 2. The van der Waals surface area contributed by atoms with Crippen LogP contribution in [0.15, 0.2) is 22.6 Å². The minimum absolute atomic E-state index is 0.262. The Kier molecular flexibility index (Phi) is 4.11. The number of anilines is 2. The highest BCUT2D eigenvalue weighted by atomic mass is 35.5. The van der Waals surface area contributed by atoms with Crippen LogP contribution in [0, 0.1) is 0 Å². The normalized spacial score (nSPS) is 12.0. The van der Waals surface area contributed by atoms with Crippen LogP contribution in [0.1, 0.15) is 18.2 Å². The van der Waals surface area contributed by atoms with E-state index in [-0.39, 0.29) is 11.4 Å². The predicted molar refractivity (Wildman–Crippen MR) is 71.4 cm³/mol. The minimum atomic E-state index is -0.331. The van der Waals surface area contributed by atoms with Crippen molar-refractivity contribution >= 4 is 23.3 Å². The van der Waals surface area contributed by atoms with E-state index < -0.39 is 0 Å². The minimum Gasteiger partial charge on any atom is -0.497 e. The number of methoxy groups -OCH3 is 2. The van der Waals surface area contributed by atoms with Crippen LogP contribution in [0.5, 0.6) is 11.5 Å². The van der Waals surface area contributed by atoms with Crippen LogP contribution in [0.25, 0.3) is 0 Å². The van der Waals surface area contributed by atoms with Gasteiger partial charge in [-0.2, -0.15) is 0 Å². The average molecular weight is 284 g/mol. The van der Waals surface area contributed by atoms with Gasteiger partial charge in [-0.15, -0.1) is 16.7 Å². The van der Waals surface area contributed by atoms with Gasteiger partial charge in [-0.25, -0.2) is 0 Å². The van der Waals surface area contributed by atoms with E-state index in [9.17, 15) is 0 Å². The zero-order chi connectivity index (χ0) is 13.8. The van der Waals surface area contributed by atoms with Gasteiger partial charge in [-0.05, 0) is 6.92 Å². The molecule has 0 amide bonds. The van der Waals surface area contributed by atoms with Crippen molar-refractivity contribution in [2.45, 2.75) is 12.3 Å². The molecule has 1 N–H and O–H groups in total. The number of hydrogen-bond donors (Lipinski definition) is 1. The van der Waals surface area contributed by atoms with Gasteiger partial charge in [0.1, 0.15) is 16.9 Å². The second-order valence-corrected chi connectivity index (χ2v) is 4.44. The van der Waals surface area contributed by atoms with E-state index in [2.05, 4.69) is 15.5 Å². The van der Waals surface area contributed by atoms with Gasteiger partial charge in [0, 0.05) is 23.9 Å². The highest BCUT2D eigenvalue weighted by molar-refractivity contribution is 6.20. The lowest BCUT2D eigenvalue weighted by atomic mass is 10.3. The van der Waals surface area contributed by atoms with Gasteiger partial charge in [0.2, 0.25) is 5.89 Å². The van der Waals surface area contributed by atoms with Crippen LogP contribution in [0.2, 0.25) is 0 Å². The highest BCUT2D eigenvalue weighted by Crippen LogP contribution is 2.28. The van der Waals surface area contributed by atoms with Crippen LogP contribution in [-0.2, 0) is 0 Å². The van der Waals surface area contributed by atoms with Gasteiger partial charge in [0.15, 0.2) is 0 Å². The van der Waals surface area contributed by atoms with E-state index in [0.717, 1.165) is 0 Å². The fraction of sp³-hybridized carbons (Fsp3) is 0.333. The van der Waals surface area contributed by atoms with E-state index in [1.807, 2.05) is 0 Å². The molecule has 1 heterocycles. The first kappa shape index (κ1) is 13.5. The maximum absolute atomic E-state index is 5.85. The van der Waals surface area contributed by atoms with E-state index >= 15 is 0 Å². The number of nitrogens with one attached hydrogen (secondary N) is 1. The molecule has 0 saturated carbocycles.